The van der Waals surface area contributed by atoms with Gasteiger partial charge in [0, 0.05) is 7.05 Å². The second-order valence-corrected chi connectivity index (χ2v) is 6.64. The Morgan fingerprint density at radius 3 is 2.54 bits per heavy atom. The molecular formula is C19H20N2O2S. The monoisotopic (exact) mass is 340 g/mol. The summed E-state index contributed by atoms with van der Waals surface area (Å²) in [5, 5.41) is 0. The van der Waals surface area contributed by atoms with Crippen LogP contribution in [0.25, 0.3) is 10.2 Å². The Hall–Kier alpha value is -2.40. The van der Waals surface area contributed by atoms with E-state index in [4.69, 9.17) is 4.74 Å². The summed E-state index contributed by atoms with van der Waals surface area (Å²) < 4.78 is 8.24. The molecule has 0 saturated carbocycles. The highest BCUT2D eigenvalue weighted by Gasteiger charge is 2.07. The first-order chi connectivity index (χ1) is 11.6. The number of benzene rings is 2. The van der Waals surface area contributed by atoms with Crippen LogP contribution in [0.1, 0.15) is 18.1 Å². The minimum absolute atomic E-state index is 0.131. The van der Waals surface area contributed by atoms with E-state index in [1.165, 1.54) is 16.9 Å². The summed E-state index contributed by atoms with van der Waals surface area (Å²) in [6.45, 7) is 2.12. The third-order valence-electron chi connectivity index (χ3n) is 4.02. The summed E-state index contributed by atoms with van der Waals surface area (Å²) in [6, 6.07) is 14.0. The number of nitrogens with zero attached hydrogens (tertiary/aromatic N) is 2. The second-order valence-electron chi connectivity index (χ2n) is 5.63. The second kappa shape index (κ2) is 7.01. The molecule has 0 atom stereocenters. The standard InChI is InChI=1S/C19H20N2O2S/c1-4-13-5-7-14(8-6-13)11-18(22)20-19-21(2)16-10-9-15(23-3)12-17(16)24-19/h5-10,12H,4,11H2,1-3H3. The van der Waals surface area contributed by atoms with E-state index in [-0.39, 0.29) is 5.91 Å². The molecule has 3 aromatic rings. The van der Waals surface area contributed by atoms with Gasteiger partial charge in [0.2, 0.25) is 0 Å². The Balaban J connectivity index is 1.87. The zero-order chi connectivity index (χ0) is 17.1. The molecule has 24 heavy (non-hydrogen) atoms. The topological polar surface area (TPSA) is 43.6 Å². The highest BCUT2D eigenvalue weighted by Crippen LogP contribution is 2.22. The Kier molecular flexibility index (Phi) is 4.81. The number of thiazole rings is 1. The van der Waals surface area contributed by atoms with Crippen molar-refractivity contribution in [1.29, 1.82) is 0 Å². The Morgan fingerprint density at radius 2 is 1.88 bits per heavy atom. The van der Waals surface area contributed by atoms with E-state index in [9.17, 15) is 4.79 Å². The van der Waals surface area contributed by atoms with Gasteiger partial charge in [0.1, 0.15) is 5.75 Å². The summed E-state index contributed by atoms with van der Waals surface area (Å²) in [7, 11) is 3.57. The van der Waals surface area contributed by atoms with Gasteiger partial charge in [0.25, 0.3) is 5.91 Å². The Bertz CT molecular complexity index is 936. The molecule has 0 aliphatic carbocycles. The van der Waals surface area contributed by atoms with Gasteiger partial charge in [0.15, 0.2) is 4.80 Å². The van der Waals surface area contributed by atoms with Crippen LogP contribution in [0.5, 0.6) is 5.75 Å². The van der Waals surface area contributed by atoms with Gasteiger partial charge in [-0.05, 0) is 35.7 Å². The highest BCUT2D eigenvalue weighted by atomic mass is 32.1. The number of amides is 1. The molecular weight excluding hydrogens is 320 g/mol. The van der Waals surface area contributed by atoms with Crippen LogP contribution in [0.3, 0.4) is 0 Å². The fourth-order valence-corrected chi connectivity index (χ4v) is 3.63. The first-order valence-corrected chi connectivity index (χ1v) is 8.71. The lowest BCUT2D eigenvalue weighted by atomic mass is 10.1. The van der Waals surface area contributed by atoms with Crippen LogP contribution in [-0.2, 0) is 24.7 Å². The van der Waals surface area contributed by atoms with Crippen molar-refractivity contribution >= 4 is 27.5 Å². The molecule has 3 rings (SSSR count). The van der Waals surface area contributed by atoms with Gasteiger partial charge in [-0.1, -0.05) is 42.5 Å². The summed E-state index contributed by atoms with van der Waals surface area (Å²) >= 11 is 1.49. The van der Waals surface area contributed by atoms with E-state index in [1.54, 1.807) is 7.11 Å². The third kappa shape index (κ3) is 3.41. The van der Waals surface area contributed by atoms with Crippen molar-refractivity contribution < 1.29 is 9.53 Å². The van der Waals surface area contributed by atoms with Crippen molar-refractivity contribution in [1.82, 2.24) is 4.57 Å². The van der Waals surface area contributed by atoms with Crippen LogP contribution >= 0.6 is 11.3 Å². The van der Waals surface area contributed by atoms with Gasteiger partial charge in [-0.15, -0.1) is 0 Å². The van der Waals surface area contributed by atoms with E-state index in [0.29, 0.717) is 11.2 Å². The van der Waals surface area contributed by atoms with Gasteiger partial charge >= 0.3 is 0 Å². The first-order valence-electron chi connectivity index (χ1n) is 7.89. The Morgan fingerprint density at radius 1 is 1.17 bits per heavy atom. The van der Waals surface area contributed by atoms with Crippen LogP contribution in [0.2, 0.25) is 0 Å². The molecule has 4 nitrogen and oxygen atoms in total. The smallest absolute Gasteiger partial charge is 0.252 e. The fourth-order valence-electron chi connectivity index (χ4n) is 2.56. The van der Waals surface area contributed by atoms with E-state index in [0.717, 1.165) is 28.0 Å². The molecule has 0 unspecified atom stereocenters. The first kappa shape index (κ1) is 16.5. The zero-order valence-electron chi connectivity index (χ0n) is 14.1. The molecule has 0 radical (unpaired) electrons. The normalized spacial score (nSPS) is 11.9. The maximum Gasteiger partial charge on any atom is 0.252 e. The predicted octanol–water partition coefficient (Wildman–Crippen LogP) is 3.48. The number of ether oxygens (including phenoxy) is 1. The lowest BCUT2D eigenvalue weighted by Crippen LogP contribution is -2.14. The molecule has 1 aromatic heterocycles. The average molecular weight is 340 g/mol. The molecule has 5 heteroatoms. The summed E-state index contributed by atoms with van der Waals surface area (Å²) in [5.41, 5.74) is 3.30. The van der Waals surface area contributed by atoms with E-state index in [1.807, 2.05) is 41.9 Å². The number of methoxy groups -OCH3 is 1. The molecule has 1 amide bonds. The third-order valence-corrected chi connectivity index (χ3v) is 5.12. The molecule has 0 N–H and O–H groups in total. The molecule has 0 saturated heterocycles. The number of rotatable bonds is 4. The number of hydrogen-bond acceptors (Lipinski definition) is 3. The average Bonchev–Trinajstić information content (AvgIpc) is 2.90. The minimum Gasteiger partial charge on any atom is -0.497 e. The summed E-state index contributed by atoms with van der Waals surface area (Å²) in [6.07, 6.45) is 1.32. The van der Waals surface area contributed by atoms with Gasteiger partial charge in [-0.2, -0.15) is 4.99 Å². The number of fused-ring (bicyclic) bond motifs is 1. The van der Waals surface area contributed by atoms with Crippen LogP contribution in [0.15, 0.2) is 47.5 Å². The number of aryl methyl sites for hydroxylation is 2. The summed E-state index contributed by atoms with van der Waals surface area (Å²) in [4.78, 5) is 17.3. The van der Waals surface area contributed by atoms with Crippen molar-refractivity contribution in [2.45, 2.75) is 19.8 Å². The molecule has 0 aliphatic heterocycles. The number of hydrogen-bond donors (Lipinski definition) is 0. The van der Waals surface area contributed by atoms with E-state index >= 15 is 0 Å². The van der Waals surface area contributed by atoms with Crippen molar-refractivity contribution in [3.05, 3.63) is 58.4 Å². The van der Waals surface area contributed by atoms with E-state index < -0.39 is 0 Å². The SMILES string of the molecule is CCc1ccc(CC(=O)N=c2sc3cc(OC)ccc3n2C)cc1. The number of aromatic nitrogens is 1. The maximum atomic E-state index is 12.3. The predicted molar refractivity (Wildman–Crippen MR) is 97.4 cm³/mol. The number of carbonyl (C=O) groups excluding carboxylic acids is 1. The molecule has 0 fully saturated rings. The lowest BCUT2D eigenvalue weighted by Gasteiger charge is -2.00. The van der Waals surface area contributed by atoms with Gasteiger partial charge in [-0.25, -0.2) is 0 Å². The van der Waals surface area contributed by atoms with Crippen LogP contribution in [0.4, 0.5) is 0 Å². The van der Waals surface area contributed by atoms with Gasteiger partial charge in [-0.3, -0.25) is 4.79 Å². The van der Waals surface area contributed by atoms with Crippen molar-refractivity contribution in [3.63, 3.8) is 0 Å². The minimum atomic E-state index is -0.131. The fraction of sp³-hybridized carbons (Fsp3) is 0.263. The van der Waals surface area contributed by atoms with Crippen molar-refractivity contribution in [2.75, 3.05) is 7.11 Å². The largest absolute Gasteiger partial charge is 0.497 e. The number of carbonyl (C=O) groups is 1. The maximum absolute atomic E-state index is 12.3. The lowest BCUT2D eigenvalue weighted by molar-refractivity contribution is -0.117. The van der Waals surface area contributed by atoms with Crippen molar-refractivity contribution in [2.24, 2.45) is 12.0 Å². The highest BCUT2D eigenvalue weighted by molar-refractivity contribution is 7.16. The molecule has 1 heterocycles. The molecule has 0 bridgehead atoms. The van der Waals surface area contributed by atoms with E-state index in [2.05, 4.69) is 24.0 Å². The molecule has 2 aromatic carbocycles. The molecule has 124 valence electrons. The quantitative estimate of drug-likeness (QED) is 0.730. The van der Waals surface area contributed by atoms with Gasteiger partial charge in [0.05, 0.1) is 23.7 Å². The van der Waals surface area contributed by atoms with Crippen LogP contribution < -0.4 is 9.54 Å². The molecule has 0 spiro atoms. The van der Waals surface area contributed by atoms with Crippen LogP contribution in [-0.4, -0.2) is 17.6 Å². The Labute approximate surface area is 145 Å². The van der Waals surface area contributed by atoms with Crippen LogP contribution in [0, 0.1) is 0 Å². The zero-order valence-corrected chi connectivity index (χ0v) is 14.9. The molecule has 0 aliphatic rings. The van der Waals surface area contributed by atoms with Crippen molar-refractivity contribution in [3.8, 4) is 5.75 Å². The summed E-state index contributed by atoms with van der Waals surface area (Å²) in [5.74, 6) is 0.673. The van der Waals surface area contributed by atoms with Gasteiger partial charge < -0.3 is 9.30 Å².